The Kier molecular flexibility index (Phi) is 3.44. The fourth-order valence-corrected chi connectivity index (χ4v) is 1.50. The van der Waals surface area contributed by atoms with Crippen LogP contribution >= 0.6 is 0 Å². The molecule has 0 saturated heterocycles. The van der Waals surface area contributed by atoms with Crippen molar-refractivity contribution >= 4 is 0 Å². The Hall–Kier alpha value is -1.52. The van der Waals surface area contributed by atoms with Gasteiger partial charge in [0.15, 0.2) is 0 Å². The second kappa shape index (κ2) is 5.01. The Labute approximate surface area is 93.9 Å². The molecule has 16 heavy (non-hydrogen) atoms. The van der Waals surface area contributed by atoms with E-state index < -0.39 is 0 Å². The maximum atomic E-state index is 8.85. The van der Waals surface area contributed by atoms with Crippen molar-refractivity contribution in [3.05, 3.63) is 47.8 Å². The van der Waals surface area contributed by atoms with Gasteiger partial charge in [-0.3, -0.25) is 0 Å². The van der Waals surface area contributed by atoms with Gasteiger partial charge in [0.25, 0.3) is 0 Å². The fraction of sp³-hybridized carbons (Fsp3) is 0.333. The van der Waals surface area contributed by atoms with Gasteiger partial charge in [-0.25, -0.2) is 0 Å². The topological polar surface area (TPSA) is 58.5 Å². The molecular formula is C12H15NO3. The Balaban J connectivity index is 1.87. The lowest BCUT2D eigenvalue weighted by Gasteiger charge is -2.09. The molecule has 0 amide bonds. The molecule has 86 valence electrons. The number of hydrogen-bond acceptors (Lipinski definition) is 4. The normalized spacial score (nSPS) is 12.9. The van der Waals surface area contributed by atoms with Crippen LogP contribution in [0.15, 0.2) is 39.6 Å². The number of aliphatic hydroxyl groups excluding tert-OH is 1. The summed E-state index contributed by atoms with van der Waals surface area (Å²) in [6.07, 6.45) is 3.38. The zero-order chi connectivity index (χ0) is 11.4. The lowest BCUT2D eigenvalue weighted by atomic mass is 10.2. The standard InChI is InChI=1S/C12H15NO3/c1-9(10-4-5-15-8-10)13-6-11-2-3-12(7-14)16-11/h2-5,8-9,13-14H,6-7H2,1H3. The van der Waals surface area contributed by atoms with Crippen LogP contribution in [-0.4, -0.2) is 5.11 Å². The summed E-state index contributed by atoms with van der Waals surface area (Å²) in [5, 5.41) is 12.2. The first-order valence-corrected chi connectivity index (χ1v) is 5.23. The minimum atomic E-state index is -0.0582. The summed E-state index contributed by atoms with van der Waals surface area (Å²) in [6, 6.07) is 5.78. The summed E-state index contributed by atoms with van der Waals surface area (Å²) in [7, 11) is 0. The van der Waals surface area contributed by atoms with Gasteiger partial charge in [-0.05, 0) is 25.1 Å². The van der Waals surface area contributed by atoms with Crippen LogP contribution in [0.3, 0.4) is 0 Å². The van der Waals surface area contributed by atoms with E-state index in [2.05, 4.69) is 12.2 Å². The van der Waals surface area contributed by atoms with Gasteiger partial charge >= 0.3 is 0 Å². The summed E-state index contributed by atoms with van der Waals surface area (Å²) in [6.45, 7) is 2.63. The highest BCUT2D eigenvalue weighted by molar-refractivity contribution is 5.11. The van der Waals surface area contributed by atoms with Gasteiger partial charge in [-0.1, -0.05) is 0 Å². The number of aliphatic hydroxyl groups is 1. The average molecular weight is 221 g/mol. The highest BCUT2D eigenvalue weighted by atomic mass is 16.4. The second-order valence-electron chi connectivity index (χ2n) is 3.69. The van der Waals surface area contributed by atoms with Crippen LogP contribution in [0.4, 0.5) is 0 Å². The van der Waals surface area contributed by atoms with E-state index in [1.54, 1.807) is 18.6 Å². The van der Waals surface area contributed by atoms with E-state index in [-0.39, 0.29) is 12.6 Å². The van der Waals surface area contributed by atoms with E-state index in [1.165, 1.54) is 0 Å². The predicted octanol–water partition coefficient (Wildman–Crippen LogP) is 2.22. The molecule has 0 radical (unpaired) electrons. The third kappa shape index (κ3) is 2.53. The minimum Gasteiger partial charge on any atom is -0.472 e. The lowest BCUT2D eigenvalue weighted by Crippen LogP contribution is -2.17. The first-order valence-electron chi connectivity index (χ1n) is 5.23. The molecular weight excluding hydrogens is 206 g/mol. The number of rotatable bonds is 5. The summed E-state index contributed by atoms with van der Waals surface area (Å²) in [5.74, 6) is 1.41. The van der Waals surface area contributed by atoms with E-state index in [0.717, 1.165) is 11.3 Å². The second-order valence-corrected chi connectivity index (χ2v) is 3.69. The number of hydrogen-bond donors (Lipinski definition) is 2. The Bertz CT molecular complexity index is 419. The van der Waals surface area contributed by atoms with E-state index in [9.17, 15) is 0 Å². The molecule has 2 heterocycles. The molecule has 0 spiro atoms. The first kappa shape index (κ1) is 11.0. The van der Waals surface area contributed by atoms with Crippen molar-refractivity contribution in [2.45, 2.75) is 26.1 Å². The summed E-state index contributed by atoms with van der Waals surface area (Å²) < 4.78 is 10.4. The van der Waals surface area contributed by atoms with Crippen LogP contribution in [0.25, 0.3) is 0 Å². The van der Waals surface area contributed by atoms with E-state index in [4.69, 9.17) is 13.9 Å². The molecule has 0 fully saturated rings. The monoisotopic (exact) mass is 221 g/mol. The van der Waals surface area contributed by atoms with Crippen LogP contribution < -0.4 is 5.32 Å². The first-order chi connectivity index (χ1) is 7.79. The van der Waals surface area contributed by atoms with E-state index >= 15 is 0 Å². The maximum Gasteiger partial charge on any atom is 0.129 e. The molecule has 4 nitrogen and oxygen atoms in total. The summed E-state index contributed by atoms with van der Waals surface area (Å²) >= 11 is 0. The van der Waals surface area contributed by atoms with Gasteiger partial charge in [-0.2, -0.15) is 0 Å². The molecule has 4 heteroatoms. The SMILES string of the molecule is CC(NCc1ccc(CO)o1)c1ccoc1. The molecule has 2 aromatic heterocycles. The molecule has 0 aromatic carbocycles. The van der Waals surface area contributed by atoms with Crippen LogP contribution in [0.2, 0.25) is 0 Å². The van der Waals surface area contributed by atoms with Gasteiger partial charge in [-0.15, -0.1) is 0 Å². The summed E-state index contributed by atoms with van der Waals surface area (Å²) in [5.41, 5.74) is 1.11. The van der Waals surface area contributed by atoms with Crippen molar-refractivity contribution in [3.8, 4) is 0 Å². The number of furan rings is 2. The third-order valence-electron chi connectivity index (χ3n) is 2.50. The zero-order valence-electron chi connectivity index (χ0n) is 9.14. The van der Waals surface area contributed by atoms with E-state index in [1.807, 2.05) is 12.1 Å². The van der Waals surface area contributed by atoms with E-state index in [0.29, 0.717) is 12.3 Å². The van der Waals surface area contributed by atoms with Gasteiger partial charge in [0.05, 0.1) is 19.1 Å². The molecule has 0 saturated carbocycles. The van der Waals surface area contributed by atoms with Crippen molar-refractivity contribution in [1.29, 1.82) is 0 Å². The molecule has 1 atom stereocenters. The maximum absolute atomic E-state index is 8.85. The third-order valence-corrected chi connectivity index (χ3v) is 2.50. The molecule has 0 aliphatic carbocycles. The molecule has 2 N–H and O–H groups in total. The van der Waals surface area contributed by atoms with Crippen molar-refractivity contribution in [2.75, 3.05) is 0 Å². The molecule has 0 aliphatic rings. The zero-order valence-corrected chi connectivity index (χ0v) is 9.14. The van der Waals surface area contributed by atoms with Gasteiger partial charge in [0.2, 0.25) is 0 Å². The fourth-order valence-electron chi connectivity index (χ4n) is 1.50. The minimum absolute atomic E-state index is 0.0582. The molecule has 2 rings (SSSR count). The number of nitrogens with one attached hydrogen (secondary N) is 1. The average Bonchev–Trinajstić information content (AvgIpc) is 2.96. The quantitative estimate of drug-likeness (QED) is 0.812. The Morgan fingerprint density at radius 2 is 2.12 bits per heavy atom. The van der Waals surface area contributed by atoms with Gasteiger partial charge < -0.3 is 19.3 Å². The lowest BCUT2D eigenvalue weighted by molar-refractivity contribution is 0.242. The van der Waals surface area contributed by atoms with Gasteiger partial charge in [0, 0.05) is 11.6 Å². The largest absolute Gasteiger partial charge is 0.472 e. The summed E-state index contributed by atoms with van der Waals surface area (Å²) in [4.78, 5) is 0. The smallest absolute Gasteiger partial charge is 0.129 e. The Morgan fingerprint density at radius 3 is 2.75 bits per heavy atom. The molecule has 0 aliphatic heterocycles. The van der Waals surface area contributed by atoms with Crippen LogP contribution in [0.5, 0.6) is 0 Å². The van der Waals surface area contributed by atoms with Crippen LogP contribution in [-0.2, 0) is 13.2 Å². The Morgan fingerprint density at radius 1 is 1.31 bits per heavy atom. The molecule has 0 bridgehead atoms. The van der Waals surface area contributed by atoms with Crippen molar-refractivity contribution in [1.82, 2.24) is 5.32 Å². The van der Waals surface area contributed by atoms with Crippen LogP contribution in [0, 0.1) is 0 Å². The highest BCUT2D eigenvalue weighted by Crippen LogP contribution is 2.14. The predicted molar refractivity (Wildman–Crippen MR) is 58.6 cm³/mol. The van der Waals surface area contributed by atoms with Crippen molar-refractivity contribution in [3.63, 3.8) is 0 Å². The van der Waals surface area contributed by atoms with Crippen LogP contribution in [0.1, 0.15) is 30.0 Å². The van der Waals surface area contributed by atoms with Crippen molar-refractivity contribution < 1.29 is 13.9 Å². The molecule has 2 aromatic rings. The highest BCUT2D eigenvalue weighted by Gasteiger charge is 2.07. The van der Waals surface area contributed by atoms with Gasteiger partial charge in [0.1, 0.15) is 18.1 Å². The van der Waals surface area contributed by atoms with Crippen molar-refractivity contribution in [2.24, 2.45) is 0 Å². The molecule has 1 unspecified atom stereocenters.